The SMILES string of the molecule is CNC1(C)CCN(C(=O)c2cc(COC)on2)CC1. The number of amides is 1. The minimum absolute atomic E-state index is 0.0655. The van der Waals surface area contributed by atoms with Gasteiger partial charge in [-0.05, 0) is 26.8 Å². The topological polar surface area (TPSA) is 67.6 Å². The number of piperidine rings is 1. The summed E-state index contributed by atoms with van der Waals surface area (Å²) in [6, 6.07) is 1.65. The Morgan fingerprint density at radius 3 is 2.84 bits per heavy atom. The van der Waals surface area contributed by atoms with E-state index in [1.165, 1.54) is 0 Å². The van der Waals surface area contributed by atoms with Gasteiger partial charge in [-0.3, -0.25) is 4.79 Å². The maximum atomic E-state index is 12.3. The van der Waals surface area contributed by atoms with Crippen molar-refractivity contribution in [1.29, 1.82) is 0 Å². The van der Waals surface area contributed by atoms with E-state index in [1.54, 1.807) is 13.2 Å². The summed E-state index contributed by atoms with van der Waals surface area (Å²) < 4.78 is 9.99. The predicted octanol–water partition coefficient (Wildman–Crippen LogP) is 1.04. The predicted molar refractivity (Wildman–Crippen MR) is 69.8 cm³/mol. The summed E-state index contributed by atoms with van der Waals surface area (Å²) in [4.78, 5) is 14.1. The molecule has 1 N–H and O–H groups in total. The number of hydrogen-bond acceptors (Lipinski definition) is 5. The van der Waals surface area contributed by atoms with E-state index in [0.717, 1.165) is 25.9 Å². The highest BCUT2D eigenvalue weighted by atomic mass is 16.5. The lowest BCUT2D eigenvalue weighted by Gasteiger charge is -2.39. The molecule has 0 unspecified atom stereocenters. The Balaban J connectivity index is 1.97. The molecule has 0 aliphatic carbocycles. The number of nitrogens with one attached hydrogen (secondary N) is 1. The molecule has 1 aliphatic rings. The Hall–Kier alpha value is -1.40. The Kier molecular flexibility index (Phi) is 4.21. The third-order valence-corrected chi connectivity index (χ3v) is 3.82. The summed E-state index contributed by atoms with van der Waals surface area (Å²) in [6.45, 7) is 3.99. The second kappa shape index (κ2) is 5.71. The first-order valence-electron chi connectivity index (χ1n) is 6.51. The molecule has 0 atom stereocenters. The summed E-state index contributed by atoms with van der Waals surface area (Å²) in [5.74, 6) is 0.507. The average Bonchev–Trinajstić information content (AvgIpc) is 2.88. The van der Waals surface area contributed by atoms with Gasteiger partial charge in [0, 0.05) is 31.8 Å². The van der Waals surface area contributed by atoms with E-state index in [4.69, 9.17) is 9.26 Å². The molecule has 6 nitrogen and oxygen atoms in total. The van der Waals surface area contributed by atoms with Gasteiger partial charge in [-0.25, -0.2) is 0 Å². The van der Waals surface area contributed by atoms with Crippen LogP contribution in [0.1, 0.15) is 36.0 Å². The molecule has 1 aromatic rings. The fourth-order valence-corrected chi connectivity index (χ4v) is 2.24. The van der Waals surface area contributed by atoms with Crippen LogP contribution in [0.5, 0.6) is 0 Å². The molecule has 1 amide bonds. The Morgan fingerprint density at radius 1 is 1.58 bits per heavy atom. The van der Waals surface area contributed by atoms with Crippen molar-refractivity contribution in [3.63, 3.8) is 0 Å². The number of likely N-dealkylation sites (tertiary alicyclic amines) is 1. The molecule has 0 radical (unpaired) electrons. The molecule has 6 heteroatoms. The van der Waals surface area contributed by atoms with Gasteiger partial charge in [0.1, 0.15) is 6.61 Å². The van der Waals surface area contributed by atoms with Gasteiger partial charge >= 0.3 is 0 Å². The Labute approximate surface area is 113 Å². The summed E-state index contributed by atoms with van der Waals surface area (Å²) in [6.07, 6.45) is 1.88. The summed E-state index contributed by atoms with van der Waals surface area (Å²) in [5.41, 5.74) is 0.488. The third-order valence-electron chi connectivity index (χ3n) is 3.82. The van der Waals surface area contributed by atoms with E-state index in [2.05, 4.69) is 17.4 Å². The first kappa shape index (κ1) is 14.0. The second-order valence-electron chi connectivity index (χ2n) is 5.21. The lowest BCUT2D eigenvalue weighted by Crippen LogP contribution is -2.51. The standard InChI is InChI=1S/C13H21N3O3/c1-13(14-2)4-6-16(7-5-13)12(17)11-8-10(9-18-3)19-15-11/h8,14H,4-7,9H2,1-3H3. The first-order chi connectivity index (χ1) is 9.08. The van der Waals surface area contributed by atoms with Crippen molar-refractivity contribution in [3.8, 4) is 0 Å². The number of carbonyl (C=O) groups is 1. The van der Waals surface area contributed by atoms with Crippen LogP contribution < -0.4 is 5.32 Å². The van der Waals surface area contributed by atoms with Crippen molar-refractivity contribution in [3.05, 3.63) is 17.5 Å². The fourth-order valence-electron chi connectivity index (χ4n) is 2.24. The molecule has 2 heterocycles. The van der Waals surface area contributed by atoms with Crippen LogP contribution in [0.4, 0.5) is 0 Å². The molecule has 0 aromatic carbocycles. The summed E-state index contributed by atoms with van der Waals surface area (Å²) in [5, 5.41) is 7.12. The van der Waals surface area contributed by atoms with E-state index >= 15 is 0 Å². The number of hydrogen-bond donors (Lipinski definition) is 1. The van der Waals surface area contributed by atoms with Crippen molar-refractivity contribution in [2.45, 2.75) is 31.9 Å². The number of nitrogens with zero attached hydrogens (tertiary/aromatic N) is 2. The minimum atomic E-state index is -0.0655. The van der Waals surface area contributed by atoms with Crippen LogP contribution in [-0.2, 0) is 11.3 Å². The van der Waals surface area contributed by atoms with E-state index in [0.29, 0.717) is 18.1 Å². The molecular formula is C13H21N3O3. The van der Waals surface area contributed by atoms with Crippen LogP contribution in [0, 0.1) is 0 Å². The highest BCUT2D eigenvalue weighted by Crippen LogP contribution is 2.22. The van der Waals surface area contributed by atoms with Crippen LogP contribution in [0.25, 0.3) is 0 Å². The van der Waals surface area contributed by atoms with Crippen LogP contribution in [0.2, 0.25) is 0 Å². The highest BCUT2D eigenvalue weighted by molar-refractivity contribution is 5.92. The smallest absolute Gasteiger partial charge is 0.276 e. The van der Waals surface area contributed by atoms with Gasteiger partial charge in [0.2, 0.25) is 0 Å². The molecule has 1 aliphatic heterocycles. The van der Waals surface area contributed by atoms with Crippen molar-refractivity contribution in [2.75, 3.05) is 27.2 Å². The molecular weight excluding hydrogens is 246 g/mol. The van der Waals surface area contributed by atoms with Crippen molar-refractivity contribution in [2.24, 2.45) is 0 Å². The number of rotatable bonds is 4. The maximum Gasteiger partial charge on any atom is 0.276 e. The number of methoxy groups -OCH3 is 1. The Bertz CT molecular complexity index is 436. The molecule has 1 saturated heterocycles. The molecule has 1 aromatic heterocycles. The number of carbonyl (C=O) groups excluding carboxylic acids is 1. The second-order valence-corrected chi connectivity index (χ2v) is 5.21. The average molecular weight is 267 g/mol. The zero-order chi connectivity index (χ0) is 13.9. The van der Waals surface area contributed by atoms with Gasteiger partial charge in [0.05, 0.1) is 0 Å². The van der Waals surface area contributed by atoms with Gasteiger partial charge in [-0.2, -0.15) is 0 Å². The molecule has 0 saturated carbocycles. The summed E-state index contributed by atoms with van der Waals surface area (Å²) in [7, 11) is 3.54. The van der Waals surface area contributed by atoms with Crippen molar-refractivity contribution < 1.29 is 14.1 Å². The van der Waals surface area contributed by atoms with Crippen molar-refractivity contribution >= 4 is 5.91 Å². The molecule has 1 fully saturated rings. The van der Waals surface area contributed by atoms with Crippen LogP contribution >= 0.6 is 0 Å². The molecule has 2 rings (SSSR count). The van der Waals surface area contributed by atoms with E-state index in [1.807, 2.05) is 11.9 Å². The Morgan fingerprint density at radius 2 is 2.26 bits per heavy atom. The van der Waals surface area contributed by atoms with Crippen LogP contribution in [0.3, 0.4) is 0 Å². The van der Waals surface area contributed by atoms with E-state index in [9.17, 15) is 4.79 Å². The normalized spacial score (nSPS) is 18.6. The molecule has 19 heavy (non-hydrogen) atoms. The molecule has 106 valence electrons. The zero-order valence-electron chi connectivity index (χ0n) is 11.7. The first-order valence-corrected chi connectivity index (χ1v) is 6.51. The monoisotopic (exact) mass is 267 g/mol. The third kappa shape index (κ3) is 3.13. The largest absolute Gasteiger partial charge is 0.377 e. The van der Waals surface area contributed by atoms with Gasteiger partial charge in [0.25, 0.3) is 5.91 Å². The summed E-state index contributed by atoms with van der Waals surface area (Å²) >= 11 is 0. The van der Waals surface area contributed by atoms with Crippen LogP contribution in [-0.4, -0.2) is 48.7 Å². The maximum absolute atomic E-state index is 12.3. The molecule has 0 bridgehead atoms. The lowest BCUT2D eigenvalue weighted by atomic mass is 9.90. The van der Waals surface area contributed by atoms with Gasteiger partial charge in [-0.1, -0.05) is 5.16 Å². The van der Waals surface area contributed by atoms with Crippen molar-refractivity contribution in [1.82, 2.24) is 15.4 Å². The minimum Gasteiger partial charge on any atom is -0.377 e. The van der Waals surface area contributed by atoms with Gasteiger partial charge in [0.15, 0.2) is 11.5 Å². The van der Waals surface area contributed by atoms with E-state index in [-0.39, 0.29) is 11.4 Å². The number of aromatic nitrogens is 1. The fraction of sp³-hybridized carbons (Fsp3) is 0.692. The number of ether oxygens (including phenoxy) is 1. The van der Waals surface area contributed by atoms with E-state index < -0.39 is 0 Å². The quantitative estimate of drug-likeness (QED) is 0.882. The van der Waals surface area contributed by atoms with Crippen LogP contribution in [0.15, 0.2) is 10.6 Å². The van der Waals surface area contributed by atoms with Gasteiger partial charge < -0.3 is 19.5 Å². The highest BCUT2D eigenvalue weighted by Gasteiger charge is 2.31. The zero-order valence-corrected chi connectivity index (χ0v) is 11.7. The van der Waals surface area contributed by atoms with Gasteiger partial charge in [-0.15, -0.1) is 0 Å². The lowest BCUT2D eigenvalue weighted by molar-refractivity contribution is 0.0651. The molecule has 0 spiro atoms.